The molecule has 4 rings (SSSR count). The van der Waals surface area contributed by atoms with Crippen LogP contribution in [0.3, 0.4) is 0 Å². The summed E-state index contributed by atoms with van der Waals surface area (Å²) in [6.45, 7) is 29.0. The summed E-state index contributed by atoms with van der Waals surface area (Å²) in [7, 11) is -1.08. The molecule has 9 heteroatoms. The second-order valence-corrected chi connectivity index (χ2v) is 14.8. The average Bonchev–Trinajstić information content (AvgIpc) is 3.92. The fourth-order valence-electron chi connectivity index (χ4n) is 6.60. The van der Waals surface area contributed by atoms with E-state index in [1.54, 1.807) is 0 Å². The van der Waals surface area contributed by atoms with Crippen molar-refractivity contribution in [3.63, 3.8) is 0 Å². The van der Waals surface area contributed by atoms with Gasteiger partial charge < -0.3 is 57.5 Å². The van der Waals surface area contributed by atoms with E-state index in [-0.39, 0.29) is 84.9 Å². The molecular weight excluding hydrogens is 929 g/mol. The van der Waals surface area contributed by atoms with Crippen LogP contribution in [-0.4, -0.2) is 54.5 Å². The molecule has 4 fully saturated rings. The molecule has 4 aliphatic rings. The summed E-state index contributed by atoms with van der Waals surface area (Å²) >= 11 is 0. The third kappa shape index (κ3) is 44.4. The molecule has 0 N–H and O–H groups in total. The van der Waals surface area contributed by atoms with E-state index in [1.165, 1.54) is 129 Å². The Labute approximate surface area is 375 Å². The Morgan fingerprint density at radius 2 is 0.906 bits per heavy atom. The Bertz CT molecular complexity index is 591. The molecule has 1 unspecified atom stereocenters. The predicted molar refractivity (Wildman–Crippen MR) is 231 cm³/mol. The number of nitriles is 1. The summed E-state index contributed by atoms with van der Waals surface area (Å²) in [5.41, 5.74) is 0. The van der Waals surface area contributed by atoms with Gasteiger partial charge in [-0.2, -0.15) is 11.7 Å². The topological polar surface area (TPSA) is 48.7 Å². The first kappa shape index (κ1) is 75.3. The zero-order valence-corrected chi connectivity index (χ0v) is 43.7. The summed E-state index contributed by atoms with van der Waals surface area (Å²) < 4.78 is 13.6. The van der Waals surface area contributed by atoms with Crippen LogP contribution in [0.5, 0.6) is 0 Å². The van der Waals surface area contributed by atoms with E-state index in [4.69, 9.17) is 14.3 Å². The summed E-state index contributed by atoms with van der Waals surface area (Å²) in [5.74, 6) is 1.99. The second kappa shape index (κ2) is 57.8. The maximum absolute atomic E-state index is 8.52. The normalized spacial score (nSPS) is 15.9. The van der Waals surface area contributed by atoms with Crippen molar-refractivity contribution in [3.05, 3.63) is 43.6 Å². The Balaban J connectivity index is -0.0000000700. The minimum Gasteiger partial charge on any atom is -0.358 e. The number of hydrogen-bond donors (Lipinski definition) is 0. The second-order valence-electron chi connectivity index (χ2n) is 13.3. The van der Waals surface area contributed by atoms with Crippen LogP contribution in [0.4, 0.5) is 0 Å². The van der Waals surface area contributed by atoms with Gasteiger partial charge in [-0.25, -0.2) is 4.67 Å². The van der Waals surface area contributed by atoms with Gasteiger partial charge in [-0.1, -0.05) is 118 Å². The van der Waals surface area contributed by atoms with E-state index in [0.29, 0.717) is 31.7 Å². The van der Waals surface area contributed by atoms with E-state index in [1.807, 2.05) is 27.7 Å². The van der Waals surface area contributed by atoms with Crippen LogP contribution in [0.2, 0.25) is 0 Å². The molecule has 4 saturated carbocycles. The molecule has 1 atom stereocenters. The quantitative estimate of drug-likeness (QED) is 0.0751. The molecule has 53 heavy (non-hydrogen) atoms. The van der Waals surface area contributed by atoms with Crippen molar-refractivity contribution in [3.8, 4) is 6.07 Å². The zero-order chi connectivity index (χ0) is 34.8. The first-order valence-corrected chi connectivity index (χ1v) is 21.1. The summed E-state index contributed by atoms with van der Waals surface area (Å²) in [6.07, 6.45) is 27.9. The van der Waals surface area contributed by atoms with Crippen molar-refractivity contribution in [1.29, 1.82) is 5.26 Å². The van der Waals surface area contributed by atoms with Crippen LogP contribution in [0.25, 0.3) is 0 Å². The molecule has 5 nitrogen and oxygen atoms in total. The van der Waals surface area contributed by atoms with Gasteiger partial charge >= 0.3 is 55.2 Å². The van der Waals surface area contributed by atoms with Gasteiger partial charge in [0.05, 0.1) is 19.1 Å². The van der Waals surface area contributed by atoms with Crippen molar-refractivity contribution in [1.82, 2.24) is 9.57 Å². The molecule has 0 heterocycles. The Hall–Kier alpha value is 1.49. The molecule has 0 aromatic carbocycles. The largest absolute Gasteiger partial charge is 2.00 e. The molecule has 0 saturated heterocycles. The van der Waals surface area contributed by atoms with E-state index in [0.717, 1.165) is 24.8 Å². The van der Waals surface area contributed by atoms with Gasteiger partial charge in [0.15, 0.2) is 0 Å². The molecule has 324 valence electrons. The molecule has 0 amide bonds. The number of rotatable bonds is 14. The summed E-state index contributed by atoms with van der Waals surface area (Å²) in [6, 6.07) is 2.78. The monoisotopic (exact) mass is 1020 g/mol. The first-order chi connectivity index (χ1) is 22.4. The van der Waals surface area contributed by atoms with Crippen molar-refractivity contribution in [2.75, 3.05) is 32.8 Å². The maximum atomic E-state index is 8.52. The molecule has 0 aromatic rings. The molecule has 0 aliphatic heterocycles. The molecular formula is C44H94Fe2N3O2PW. The predicted octanol–water partition coefficient (Wildman–Crippen LogP) is 14.8. The van der Waals surface area contributed by atoms with Crippen LogP contribution in [0.15, 0.2) is 0 Å². The van der Waals surface area contributed by atoms with Crippen LogP contribution in [0, 0.1) is 66.7 Å². The Kier molecular flexibility index (Phi) is 82.2. The fourth-order valence-corrected chi connectivity index (χ4v) is 8.23. The van der Waals surface area contributed by atoms with E-state index < -0.39 is 8.53 Å². The first-order valence-electron chi connectivity index (χ1n) is 19.9. The van der Waals surface area contributed by atoms with Gasteiger partial charge in [0.25, 0.3) is 8.53 Å². The van der Waals surface area contributed by atoms with Crippen LogP contribution in [-0.2, 0) is 64.3 Å². The molecule has 0 aromatic heterocycles. The van der Waals surface area contributed by atoms with Gasteiger partial charge in [0.2, 0.25) is 0 Å². The van der Waals surface area contributed by atoms with Crippen LogP contribution in [0.1, 0.15) is 184 Å². The molecule has 0 radical (unpaired) electrons. The van der Waals surface area contributed by atoms with Crippen LogP contribution < -0.4 is 0 Å². The molecule has 4 aliphatic carbocycles. The van der Waals surface area contributed by atoms with Crippen molar-refractivity contribution < 1.29 is 64.3 Å². The van der Waals surface area contributed by atoms with Crippen molar-refractivity contribution >= 4 is 8.53 Å². The van der Waals surface area contributed by atoms with E-state index >= 15 is 0 Å². The van der Waals surface area contributed by atoms with Gasteiger partial charge in [0.1, 0.15) is 0 Å². The number of hydrogen-bond acceptors (Lipinski definition) is 5. The van der Waals surface area contributed by atoms with Crippen molar-refractivity contribution in [2.24, 2.45) is 11.8 Å². The summed E-state index contributed by atoms with van der Waals surface area (Å²) in [5, 5.41) is 8.52. The van der Waals surface area contributed by atoms with Crippen LogP contribution >= 0.6 is 8.53 Å². The smallest absolute Gasteiger partial charge is 0.358 e. The Morgan fingerprint density at radius 1 is 0.604 bits per heavy atom. The zero-order valence-electron chi connectivity index (χ0n) is 37.6. The van der Waals surface area contributed by atoms with Gasteiger partial charge in [-0.15, -0.1) is 6.54 Å². The summed E-state index contributed by atoms with van der Waals surface area (Å²) in [4.78, 5) is 2.62. The third-order valence-electron chi connectivity index (χ3n) is 8.81. The van der Waals surface area contributed by atoms with Gasteiger partial charge in [0, 0.05) is 18.7 Å². The molecule has 0 bridgehead atoms. The van der Waals surface area contributed by atoms with Crippen molar-refractivity contribution in [2.45, 2.75) is 196 Å². The number of nitrogens with zero attached hydrogens (tertiary/aromatic N) is 3. The van der Waals surface area contributed by atoms with Gasteiger partial charge in [-0.3, -0.25) is 0 Å². The fraction of sp³-hybridized carbons (Fsp3) is 0.841. The third-order valence-corrected chi connectivity index (χ3v) is 10.9. The van der Waals surface area contributed by atoms with Gasteiger partial charge in [-0.05, 0) is 78.3 Å². The Morgan fingerprint density at radius 3 is 1.15 bits per heavy atom. The SMILES string of the molecule is C1CCCC1.C1CCCC1.CC.CC.[CH2-]CCOP(OCCC#N)N(C(C)C)C(C)C.[CH2-]CN(CC1CCCC1)CC1CCCC1.[CH3-].[CH3-].[CH3-].[CH3-].[Fe+2].[Fe+2].[W+2]. The van der Waals surface area contributed by atoms with E-state index in [2.05, 4.69) is 57.2 Å². The maximum Gasteiger partial charge on any atom is 2.00 e. The minimum atomic E-state index is -1.08. The standard InChI is InChI=1S/C14H26N.C12H24N2O2P.2C5H10.2C2H6.4CH3.2Fe.W/c1-2-15(11-13-7-3-4-8-13)12-14-9-5-6-10-14;1-6-9-15-17(16-10-7-8-13)14(11(2)3)12(4)5;2*1-2-4-5-3-1;2*1-2;;;;;;;/h13-14H,1-12H2;11-12H,1,6-7,9-10H2,2-5H3;2*1-5H2;2*1-2H3;4*1H3;;;/q2*-1;;;;;4*-1;3*+2. The minimum absolute atomic E-state index is 0. The molecule has 0 spiro atoms. The average molecular weight is 1020 g/mol. The van der Waals surface area contributed by atoms with E-state index in [9.17, 15) is 0 Å².